The fourth-order valence-corrected chi connectivity index (χ4v) is 4.71. The van der Waals surface area contributed by atoms with Crippen LogP contribution in [0.2, 0.25) is 0 Å². The molecule has 3 aromatic rings. The Morgan fingerprint density at radius 3 is 2.54 bits per heavy atom. The molecule has 0 radical (unpaired) electrons. The predicted octanol–water partition coefficient (Wildman–Crippen LogP) is 4.83. The third-order valence-electron chi connectivity index (χ3n) is 6.89. The highest BCUT2D eigenvalue weighted by Gasteiger charge is 2.32. The lowest BCUT2D eigenvalue weighted by molar-refractivity contribution is -0.116. The zero-order valence-electron chi connectivity index (χ0n) is 20.7. The summed E-state index contributed by atoms with van der Waals surface area (Å²) in [5.41, 5.74) is 1.08. The number of anilines is 1. The molecule has 1 aliphatic carbocycles. The van der Waals surface area contributed by atoms with Crippen molar-refractivity contribution in [2.75, 3.05) is 32.8 Å². The summed E-state index contributed by atoms with van der Waals surface area (Å²) in [7, 11) is 2.61. The molecule has 0 spiro atoms. The molecule has 1 saturated heterocycles. The van der Waals surface area contributed by atoms with Crippen molar-refractivity contribution in [2.24, 2.45) is 5.92 Å². The van der Waals surface area contributed by atoms with Crippen LogP contribution in [0.4, 0.5) is 14.7 Å². The second-order valence-corrected chi connectivity index (χ2v) is 9.33. The average molecular weight is 511 g/mol. The topological polar surface area (TPSA) is 95.5 Å². The number of fused-ring (bicyclic) bond motifs is 1. The molecule has 1 aromatic carbocycles. The number of aromatic nitrogens is 3. The van der Waals surface area contributed by atoms with Gasteiger partial charge in [-0.05, 0) is 37.3 Å². The first-order chi connectivity index (χ1) is 17.9. The molecule has 3 heterocycles. The minimum absolute atomic E-state index is 0.0143. The summed E-state index contributed by atoms with van der Waals surface area (Å²) in [5, 5.41) is 3.93. The van der Waals surface area contributed by atoms with Crippen LogP contribution < -0.4 is 14.8 Å². The minimum atomic E-state index is -0.856. The van der Waals surface area contributed by atoms with Crippen molar-refractivity contribution >= 4 is 22.6 Å². The number of ketones is 1. The number of halogens is 2. The second-order valence-electron chi connectivity index (χ2n) is 9.33. The van der Waals surface area contributed by atoms with E-state index < -0.39 is 11.6 Å². The van der Waals surface area contributed by atoms with Gasteiger partial charge in [0.15, 0.2) is 28.9 Å². The van der Waals surface area contributed by atoms with Crippen LogP contribution in [0, 0.1) is 17.6 Å². The lowest BCUT2D eigenvalue weighted by Crippen LogP contribution is -2.40. The number of ether oxygens (including phenoxy) is 3. The van der Waals surface area contributed by atoms with Crippen molar-refractivity contribution in [3.63, 3.8) is 0 Å². The first kappa shape index (κ1) is 25.0. The summed E-state index contributed by atoms with van der Waals surface area (Å²) >= 11 is 0. The van der Waals surface area contributed by atoms with E-state index in [-0.39, 0.29) is 46.4 Å². The first-order valence-corrected chi connectivity index (χ1v) is 12.2. The Hall–Kier alpha value is -3.66. The molecule has 2 fully saturated rings. The van der Waals surface area contributed by atoms with Crippen LogP contribution >= 0.6 is 0 Å². The molecule has 8 nitrogen and oxygen atoms in total. The van der Waals surface area contributed by atoms with Gasteiger partial charge in [-0.1, -0.05) is 6.58 Å². The van der Waals surface area contributed by atoms with E-state index in [1.807, 2.05) is 0 Å². The molecule has 0 bridgehead atoms. The smallest absolute Gasteiger partial charge is 0.223 e. The van der Waals surface area contributed by atoms with Gasteiger partial charge >= 0.3 is 0 Å². The van der Waals surface area contributed by atoms with Crippen LogP contribution in [0.25, 0.3) is 22.2 Å². The van der Waals surface area contributed by atoms with E-state index in [0.717, 1.165) is 19.3 Å². The average Bonchev–Trinajstić information content (AvgIpc) is 3.75. The van der Waals surface area contributed by atoms with Crippen LogP contribution in [0.3, 0.4) is 0 Å². The fourth-order valence-electron chi connectivity index (χ4n) is 4.71. The van der Waals surface area contributed by atoms with Gasteiger partial charge in [0.05, 0.1) is 49.3 Å². The molecule has 10 heteroatoms. The van der Waals surface area contributed by atoms with Gasteiger partial charge in [0, 0.05) is 36.6 Å². The van der Waals surface area contributed by atoms with Gasteiger partial charge in [0.25, 0.3) is 0 Å². The molecule has 1 N–H and O–H groups in total. The Morgan fingerprint density at radius 2 is 1.89 bits per heavy atom. The number of hydrogen-bond acceptors (Lipinski definition) is 8. The molecule has 1 aliphatic heterocycles. The molecule has 37 heavy (non-hydrogen) atoms. The van der Waals surface area contributed by atoms with Gasteiger partial charge in [-0.15, -0.1) is 0 Å². The Bertz CT molecular complexity index is 1330. The van der Waals surface area contributed by atoms with Crippen molar-refractivity contribution in [2.45, 2.75) is 37.6 Å². The molecule has 1 saturated carbocycles. The molecule has 2 aliphatic rings. The predicted molar refractivity (Wildman–Crippen MR) is 134 cm³/mol. The number of nitrogens with one attached hydrogen (secondary N) is 1. The van der Waals surface area contributed by atoms with Crippen LogP contribution in [0.15, 0.2) is 31.0 Å². The van der Waals surface area contributed by atoms with Gasteiger partial charge in [-0.2, -0.15) is 0 Å². The van der Waals surface area contributed by atoms with Gasteiger partial charge in [0.2, 0.25) is 5.95 Å². The SMILES string of the molecule is C=CC(=O)C[C@H]1CCOC[C@H]1Nc1ncc2cc(-c3c(F)c(OC)cc(OC)c3F)nc(C3CC3)c2n1. The van der Waals surface area contributed by atoms with E-state index in [4.69, 9.17) is 19.2 Å². The summed E-state index contributed by atoms with van der Waals surface area (Å²) in [6.45, 7) is 4.59. The number of rotatable bonds is 9. The van der Waals surface area contributed by atoms with E-state index in [1.165, 1.54) is 26.4 Å². The summed E-state index contributed by atoms with van der Waals surface area (Å²) in [6, 6.07) is 2.60. The van der Waals surface area contributed by atoms with Crippen molar-refractivity contribution in [1.29, 1.82) is 0 Å². The normalized spacial score (nSPS) is 19.5. The van der Waals surface area contributed by atoms with Crippen LogP contribution in [-0.2, 0) is 9.53 Å². The Balaban J connectivity index is 1.54. The first-order valence-electron chi connectivity index (χ1n) is 12.2. The summed E-state index contributed by atoms with van der Waals surface area (Å²) in [5.74, 6) is -1.42. The van der Waals surface area contributed by atoms with E-state index in [1.54, 1.807) is 12.3 Å². The molecule has 2 atom stereocenters. The molecular formula is C27H28F2N4O4. The van der Waals surface area contributed by atoms with Crippen molar-refractivity contribution in [1.82, 2.24) is 15.0 Å². The van der Waals surface area contributed by atoms with Gasteiger partial charge in [-0.25, -0.2) is 18.7 Å². The molecular weight excluding hydrogens is 482 g/mol. The Kier molecular flexibility index (Phi) is 7.01. The zero-order chi connectivity index (χ0) is 26.1. The molecule has 0 unspecified atom stereocenters. The number of pyridine rings is 1. The maximum Gasteiger partial charge on any atom is 0.223 e. The van der Waals surface area contributed by atoms with Gasteiger partial charge in [0.1, 0.15) is 0 Å². The second kappa shape index (κ2) is 10.4. The highest BCUT2D eigenvalue weighted by Crippen LogP contribution is 2.44. The van der Waals surface area contributed by atoms with Crippen LogP contribution in [-0.4, -0.2) is 54.2 Å². The molecule has 5 rings (SSSR count). The number of nitrogens with zero attached hydrogens (tertiary/aromatic N) is 3. The Morgan fingerprint density at radius 1 is 1.16 bits per heavy atom. The van der Waals surface area contributed by atoms with E-state index in [9.17, 15) is 4.79 Å². The van der Waals surface area contributed by atoms with Crippen molar-refractivity contribution in [3.8, 4) is 22.8 Å². The lowest BCUT2D eigenvalue weighted by Gasteiger charge is -2.31. The standard InChI is InChI=1S/C27H28F2N4O4/c1-4-17(34)9-15-7-8-37-13-19(15)32-27-30-12-16-10-18(31-25(14-5-6-14)26(16)33-27)22-23(28)20(35-2)11-21(36-3)24(22)29/h4,10-12,14-15,19H,1,5-9,13H2,2-3H3,(H,30,32,33)/t15-,19-/m1/s1. The van der Waals surface area contributed by atoms with Crippen LogP contribution in [0.5, 0.6) is 11.5 Å². The number of hydrogen-bond donors (Lipinski definition) is 1. The third kappa shape index (κ3) is 4.98. The number of carbonyl (C=O) groups excluding carboxylic acids is 1. The molecule has 0 amide bonds. The monoisotopic (exact) mass is 510 g/mol. The summed E-state index contributed by atoms with van der Waals surface area (Å²) < 4.78 is 46.2. The van der Waals surface area contributed by atoms with Crippen LogP contribution in [0.1, 0.15) is 37.3 Å². The number of allylic oxidation sites excluding steroid dienone is 1. The summed E-state index contributed by atoms with van der Waals surface area (Å²) in [6.07, 6.45) is 5.89. The Labute approximate surface area is 213 Å². The number of benzene rings is 1. The minimum Gasteiger partial charge on any atom is -0.494 e. The van der Waals surface area contributed by atoms with Gasteiger partial charge < -0.3 is 19.5 Å². The van der Waals surface area contributed by atoms with Gasteiger partial charge in [-0.3, -0.25) is 9.78 Å². The zero-order valence-corrected chi connectivity index (χ0v) is 20.7. The fraction of sp³-hybridized carbons (Fsp3) is 0.407. The highest BCUT2D eigenvalue weighted by molar-refractivity contribution is 5.89. The maximum atomic E-state index is 15.2. The quantitative estimate of drug-likeness (QED) is 0.409. The highest BCUT2D eigenvalue weighted by atomic mass is 19.1. The lowest BCUT2D eigenvalue weighted by atomic mass is 9.90. The number of carbonyl (C=O) groups is 1. The molecule has 2 aromatic heterocycles. The third-order valence-corrected chi connectivity index (χ3v) is 6.89. The van der Waals surface area contributed by atoms with E-state index >= 15 is 8.78 Å². The molecule has 194 valence electrons. The summed E-state index contributed by atoms with van der Waals surface area (Å²) in [4.78, 5) is 25.8. The van der Waals surface area contributed by atoms with E-state index in [0.29, 0.717) is 42.2 Å². The van der Waals surface area contributed by atoms with E-state index in [2.05, 4.69) is 21.9 Å². The largest absolute Gasteiger partial charge is 0.494 e. The number of methoxy groups -OCH3 is 2. The van der Waals surface area contributed by atoms with Crippen molar-refractivity contribution in [3.05, 3.63) is 48.3 Å². The maximum absolute atomic E-state index is 15.2. The van der Waals surface area contributed by atoms with Crippen molar-refractivity contribution < 1.29 is 27.8 Å².